The largest absolute Gasteiger partial charge is 0.351 e. The third-order valence-corrected chi connectivity index (χ3v) is 9.16. The number of anilines is 1. The van der Waals surface area contributed by atoms with E-state index in [2.05, 4.69) is 29.4 Å². The van der Waals surface area contributed by atoms with Gasteiger partial charge in [0.2, 0.25) is 10.0 Å². The van der Waals surface area contributed by atoms with Gasteiger partial charge in [0.1, 0.15) is 5.00 Å². The van der Waals surface area contributed by atoms with Crippen LogP contribution in [0.15, 0.2) is 29.2 Å². The number of sulfonamides is 1. The molecule has 10 nitrogen and oxygen atoms in total. The Morgan fingerprint density at radius 3 is 2.42 bits per heavy atom. The number of nitrogens with two attached hydrogens (primary N) is 1. The lowest BCUT2D eigenvalue weighted by molar-refractivity contribution is 0.0965. The number of benzene rings is 1. The molecule has 0 aliphatic carbocycles. The van der Waals surface area contributed by atoms with Crippen molar-refractivity contribution >= 4 is 44.2 Å². The quantitative estimate of drug-likeness (QED) is 0.451. The maximum Gasteiger partial charge on any atom is 0.319 e. The first-order chi connectivity index (χ1) is 16.9. The topological polar surface area (TPSA) is 142 Å². The van der Waals surface area contributed by atoms with Crippen molar-refractivity contribution in [1.82, 2.24) is 14.5 Å². The highest BCUT2D eigenvalue weighted by atomic mass is 32.2. The second kappa shape index (κ2) is 11.5. The van der Waals surface area contributed by atoms with Crippen molar-refractivity contribution in [2.45, 2.75) is 57.5 Å². The summed E-state index contributed by atoms with van der Waals surface area (Å²) in [5.74, 6) is -1.16. The summed E-state index contributed by atoms with van der Waals surface area (Å²) < 4.78 is 26.8. The van der Waals surface area contributed by atoms with Gasteiger partial charge in [-0.25, -0.2) is 17.5 Å². The molecule has 12 heteroatoms. The lowest BCUT2D eigenvalue weighted by Gasteiger charge is -2.30. The van der Waals surface area contributed by atoms with E-state index in [1.807, 2.05) is 6.92 Å². The van der Waals surface area contributed by atoms with Gasteiger partial charge in [0.05, 0.1) is 10.5 Å². The summed E-state index contributed by atoms with van der Waals surface area (Å²) in [4.78, 5) is 40.5. The van der Waals surface area contributed by atoms with Gasteiger partial charge >= 0.3 is 6.03 Å². The van der Waals surface area contributed by atoms with E-state index >= 15 is 0 Å². The molecule has 2 heterocycles. The number of amides is 4. The van der Waals surface area contributed by atoms with E-state index in [9.17, 15) is 22.8 Å². The normalized spacial score (nSPS) is 14.1. The predicted molar refractivity (Wildman–Crippen MR) is 140 cm³/mol. The average Bonchev–Trinajstić information content (AvgIpc) is 3.19. The van der Waals surface area contributed by atoms with E-state index in [1.54, 1.807) is 0 Å². The zero-order valence-electron chi connectivity index (χ0n) is 21.0. The number of imide groups is 1. The number of urea groups is 1. The Balaban J connectivity index is 1.86. The van der Waals surface area contributed by atoms with E-state index in [1.165, 1.54) is 47.0 Å². The number of unbranched alkanes of at least 4 members (excludes halogenated alkanes) is 1. The first kappa shape index (κ1) is 27.8. The van der Waals surface area contributed by atoms with Crippen molar-refractivity contribution in [2.24, 2.45) is 5.73 Å². The lowest BCUT2D eigenvalue weighted by atomic mass is 10.0. The van der Waals surface area contributed by atoms with Crippen LogP contribution in [0.2, 0.25) is 0 Å². The Hall–Kier alpha value is -2.80. The molecule has 1 aliphatic rings. The van der Waals surface area contributed by atoms with Crippen LogP contribution in [0, 0.1) is 0 Å². The van der Waals surface area contributed by atoms with Crippen LogP contribution in [0.5, 0.6) is 0 Å². The molecule has 0 saturated carbocycles. The molecule has 0 atom stereocenters. The Morgan fingerprint density at radius 2 is 1.83 bits per heavy atom. The first-order valence-electron chi connectivity index (χ1n) is 11.8. The highest BCUT2D eigenvalue weighted by Crippen LogP contribution is 2.38. The minimum atomic E-state index is -3.65. The van der Waals surface area contributed by atoms with Crippen LogP contribution in [0.25, 0.3) is 0 Å². The molecule has 0 spiro atoms. The molecule has 0 bridgehead atoms. The number of carbonyl (C=O) groups excluding carboxylic acids is 3. The van der Waals surface area contributed by atoms with Crippen molar-refractivity contribution in [3.8, 4) is 0 Å². The van der Waals surface area contributed by atoms with E-state index in [-0.39, 0.29) is 16.0 Å². The van der Waals surface area contributed by atoms with Crippen LogP contribution < -0.4 is 16.4 Å². The minimum absolute atomic E-state index is 0.0968. The molecular weight excluding hydrogens is 502 g/mol. The molecule has 0 saturated heterocycles. The van der Waals surface area contributed by atoms with E-state index < -0.39 is 27.9 Å². The third kappa shape index (κ3) is 6.12. The van der Waals surface area contributed by atoms with Crippen molar-refractivity contribution in [3.05, 3.63) is 45.8 Å². The predicted octanol–water partition coefficient (Wildman–Crippen LogP) is 3.00. The highest BCUT2D eigenvalue weighted by molar-refractivity contribution is 7.89. The Bertz CT molecular complexity index is 1240. The van der Waals surface area contributed by atoms with Crippen molar-refractivity contribution in [2.75, 3.05) is 25.5 Å². The lowest BCUT2D eigenvalue weighted by Crippen LogP contribution is -2.38. The summed E-state index contributed by atoms with van der Waals surface area (Å²) in [5, 5.41) is 5.21. The molecule has 36 heavy (non-hydrogen) atoms. The van der Waals surface area contributed by atoms with Gasteiger partial charge in [-0.1, -0.05) is 13.3 Å². The monoisotopic (exact) mass is 535 g/mol. The molecule has 0 unspecified atom stereocenters. The molecule has 3 rings (SSSR count). The molecule has 196 valence electrons. The van der Waals surface area contributed by atoms with Crippen molar-refractivity contribution in [1.29, 1.82) is 0 Å². The Morgan fingerprint density at radius 1 is 1.17 bits per heavy atom. The molecule has 1 aromatic carbocycles. The number of fused-ring (bicyclic) bond motifs is 1. The standard InChI is InChI=1S/C24H33N5O5S2/c1-5-6-12-28(4)36(33,34)17-9-7-16(8-10-17)21(30)26-23-20(22(31)27-24(25)32)18-11-13-29(15(2)3)14-19(18)35-23/h7-10,15H,5-6,11-14H2,1-4H3,(H,26,30)(H3,25,27,31,32). The molecule has 4 N–H and O–H groups in total. The highest BCUT2D eigenvalue weighted by Gasteiger charge is 2.30. The second-order valence-electron chi connectivity index (χ2n) is 9.00. The van der Waals surface area contributed by atoms with E-state index in [0.717, 1.165) is 29.8 Å². The number of rotatable bonds is 9. The number of primary amides is 1. The maximum absolute atomic E-state index is 13.0. The Labute approximate surface area is 215 Å². The van der Waals surface area contributed by atoms with Crippen LogP contribution >= 0.6 is 11.3 Å². The smallest absolute Gasteiger partial charge is 0.319 e. The molecular formula is C24H33N5O5S2. The summed E-state index contributed by atoms with van der Waals surface area (Å²) in [6.07, 6.45) is 2.22. The van der Waals surface area contributed by atoms with Crippen LogP contribution in [-0.2, 0) is 23.0 Å². The third-order valence-electron chi connectivity index (χ3n) is 6.16. The van der Waals surface area contributed by atoms with Gasteiger partial charge in [0, 0.05) is 43.2 Å². The summed E-state index contributed by atoms with van der Waals surface area (Å²) in [5.41, 5.74) is 6.43. The van der Waals surface area contributed by atoms with Crippen molar-refractivity contribution in [3.63, 3.8) is 0 Å². The molecule has 1 aromatic heterocycles. The van der Waals surface area contributed by atoms with E-state index in [4.69, 9.17) is 5.73 Å². The summed E-state index contributed by atoms with van der Waals surface area (Å²) >= 11 is 1.29. The SMILES string of the molecule is CCCCN(C)S(=O)(=O)c1ccc(C(=O)Nc2sc3c(c2C(=O)NC(N)=O)CCN(C(C)C)C3)cc1. The number of carbonyl (C=O) groups is 3. The van der Waals surface area contributed by atoms with Crippen LogP contribution in [0.3, 0.4) is 0 Å². The molecule has 2 aromatic rings. The fourth-order valence-electron chi connectivity index (χ4n) is 4.00. The summed E-state index contributed by atoms with van der Waals surface area (Å²) in [6.45, 7) is 7.95. The Kier molecular flexibility index (Phi) is 8.88. The number of hydrogen-bond acceptors (Lipinski definition) is 7. The fraction of sp³-hybridized carbons (Fsp3) is 0.458. The van der Waals surface area contributed by atoms with Gasteiger partial charge in [-0.15, -0.1) is 11.3 Å². The molecule has 1 aliphatic heterocycles. The second-order valence-corrected chi connectivity index (χ2v) is 12.1. The van der Waals surface area contributed by atoms with Crippen LogP contribution in [0.1, 0.15) is 64.8 Å². The number of nitrogens with one attached hydrogen (secondary N) is 2. The van der Waals surface area contributed by atoms with E-state index in [0.29, 0.717) is 30.6 Å². The van der Waals surface area contributed by atoms with Crippen LogP contribution in [0.4, 0.5) is 9.80 Å². The maximum atomic E-state index is 13.0. The summed E-state index contributed by atoms with van der Waals surface area (Å²) in [6, 6.07) is 5.01. The van der Waals surface area contributed by atoms with Gasteiger partial charge in [-0.2, -0.15) is 0 Å². The van der Waals surface area contributed by atoms with Gasteiger partial charge in [0.25, 0.3) is 11.8 Å². The molecule has 4 amide bonds. The molecule has 0 fully saturated rings. The average molecular weight is 536 g/mol. The molecule has 0 radical (unpaired) electrons. The minimum Gasteiger partial charge on any atom is -0.351 e. The number of hydrogen-bond donors (Lipinski definition) is 3. The number of nitrogens with zero attached hydrogens (tertiary/aromatic N) is 2. The van der Waals surface area contributed by atoms with Gasteiger partial charge in [-0.05, 0) is 56.5 Å². The van der Waals surface area contributed by atoms with Gasteiger partial charge in [0.15, 0.2) is 0 Å². The fourth-order valence-corrected chi connectivity index (χ4v) is 6.48. The van der Waals surface area contributed by atoms with Gasteiger partial charge in [-0.3, -0.25) is 19.8 Å². The summed E-state index contributed by atoms with van der Waals surface area (Å²) in [7, 11) is -2.12. The zero-order valence-corrected chi connectivity index (χ0v) is 22.6. The number of thiophene rings is 1. The first-order valence-corrected chi connectivity index (χ1v) is 14.1. The van der Waals surface area contributed by atoms with Crippen molar-refractivity contribution < 1.29 is 22.8 Å². The van der Waals surface area contributed by atoms with Crippen LogP contribution in [-0.4, -0.2) is 61.6 Å². The zero-order chi connectivity index (χ0) is 26.6. The van der Waals surface area contributed by atoms with Gasteiger partial charge < -0.3 is 11.1 Å².